The van der Waals surface area contributed by atoms with Crippen molar-refractivity contribution in [3.8, 4) is 0 Å². The minimum Gasteiger partial charge on any atom is -0.396 e. The molecule has 0 atom stereocenters. The summed E-state index contributed by atoms with van der Waals surface area (Å²) in [7, 11) is 0. The molecule has 1 saturated heterocycles. The maximum Gasteiger partial charge on any atom is 0.256 e. The third-order valence-electron chi connectivity index (χ3n) is 3.61. The van der Waals surface area contributed by atoms with Crippen molar-refractivity contribution < 1.29 is 14.3 Å². The fraction of sp³-hybridized carbons (Fsp3) is 0.533. The summed E-state index contributed by atoms with van der Waals surface area (Å²) in [6, 6.07) is 6.12. The summed E-state index contributed by atoms with van der Waals surface area (Å²) in [4.78, 5) is 16.3. The van der Waals surface area contributed by atoms with Gasteiger partial charge in [-0.1, -0.05) is 12.1 Å². The van der Waals surface area contributed by atoms with Gasteiger partial charge >= 0.3 is 0 Å². The van der Waals surface area contributed by atoms with Crippen LogP contribution in [0.1, 0.15) is 23.2 Å². The van der Waals surface area contributed by atoms with E-state index in [1.54, 1.807) is 17.0 Å². The molecule has 1 amide bonds. The topological polar surface area (TPSA) is 43.8 Å². The Hall–Kier alpha value is -1.46. The van der Waals surface area contributed by atoms with Crippen molar-refractivity contribution in [2.24, 2.45) is 0 Å². The summed E-state index contributed by atoms with van der Waals surface area (Å²) in [5.41, 5.74) is 0.149. The monoisotopic (exact) mass is 280 g/mol. The number of hydrogen-bond donors (Lipinski definition) is 1. The molecule has 0 spiro atoms. The van der Waals surface area contributed by atoms with E-state index < -0.39 is 5.82 Å². The highest BCUT2D eigenvalue weighted by atomic mass is 19.1. The Morgan fingerprint density at radius 3 is 2.75 bits per heavy atom. The Bertz CT molecular complexity index is 453. The SMILES string of the molecule is O=C(c1ccccc1F)N1CCCN(CCCO)CC1. The Kier molecular flexibility index (Phi) is 5.49. The number of nitrogens with zero attached hydrogens (tertiary/aromatic N) is 2. The number of carbonyl (C=O) groups is 1. The molecule has 1 fully saturated rings. The van der Waals surface area contributed by atoms with Crippen molar-refractivity contribution in [2.75, 3.05) is 39.3 Å². The van der Waals surface area contributed by atoms with Crippen molar-refractivity contribution in [2.45, 2.75) is 12.8 Å². The number of amides is 1. The molecule has 1 aromatic carbocycles. The highest BCUT2D eigenvalue weighted by Crippen LogP contribution is 2.12. The van der Waals surface area contributed by atoms with Crippen LogP contribution in [0.15, 0.2) is 24.3 Å². The summed E-state index contributed by atoms with van der Waals surface area (Å²) in [5.74, 6) is -0.689. The highest BCUT2D eigenvalue weighted by Gasteiger charge is 2.21. The standard InChI is InChI=1S/C15H21FN2O2/c16-14-6-2-1-5-13(14)15(20)18-9-3-7-17(10-11-18)8-4-12-19/h1-2,5-6,19H,3-4,7-12H2. The zero-order chi connectivity index (χ0) is 14.4. The van der Waals surface area contributed by atoms with Crippen LogP contribution in [0, 0.1) is 5.82 Å². The number of rotatable bonds is 4. The molecular weight excluding hydrogens is 259 g/mol. The number of carbonyl (C=O) groups excluding carboxylic acids is 1. The van der Waals surface area contributed by atoms with E-state index in [9.17, 15) is 9.18 Å². The lowest BCUT2D eigenvalue weighted by Gasteiger charge is -2.22. The first-order valence-electron chi connectivity index (χ1n) is 7.09. The van der Waals surface area contributed by atoms with Gasteiger partial charge < -0.3 is 14.9 Å². The first kappa shape index (κ1) is 14.9. The molecule has 1 aliphatic rings. The van der Waals surface area contributed by atoms with E-state index in [-0.39, 0.29) is 18.1 Å². The second-order valence-electron chi connectivity index (χ2n) is 5.04. The van der Waals surface area contributed by atoms with Crippen LogP contribution in [-0.2, 0) is 0 Å². The fourth-order valence-electron chi connectivity index (χ4n) is 2.50. The molecule has 1 aromatic rings. The summed E-state index contributed by atoms with van der Waals surface area (Å²) in [6.07, 6.45) is 1.63. The van der Waals surface area contributed by atoms with Crippen LogP contribution in [0.2, 0.25) is 0 Å². The number of benzene rings is 1. The van der Waals surface area contributed by atoms with Crippen LogP contribution in [0.5, 0.6) is 0 Å². The quantitative estimate of drug-likeness (QED) is 0.905. The molecule has 5 heteroatoms. The Morgan fingerprint density at radius 1 is 1.20 bits per heavy atom. The van der Waals surface area contributed by atoms with E-state index in [0.717, 1.165) is 32.5 Å². The van der Waals surface area contributed by atoms with Crippen molar-refractivity contribution in [1.82, 2.24) is 9.80 Å². The first-order chi connectivity index (χ1) is 9.72. The molecule has 0 bridgehead atoms. The van der Waals surface area contributed by atoms with Crippen molar-refractivity contribution in [3.05, 3.63) is 35.6 Å². The second-order valence-corrected chi connectivity index (χ2v) is 5.04. The molecule has 0 saturated carbocycles. The lowest BCUT2D eigenvalue weighted by molar-refractivity contribution is 0.0756. The molecule has 20 heavy (non-hydrogen) atoms. The van der Waals surface area contributed by atoms with Gasteiger partial charge in [0.05, 0.1) is 5.56 Å². The van der Waals surface area contributed by atoms with Gasteiger partial charge in [-0.05, 0) is 31.5 Å². The normalized spacial score (nSPS) is 17.0. The van der Waals surface area contributed by atoms with Crippen LogP contribution in [0.4, 0.5) is 4.39 Å². The number of hydrogen-bond acceptors (Lipinski definition) is 3. The van der Waals surface area contributed by atoms with Gasteiger partial charge in [-0.3, -0.25) is 4.79 Å². The third-order valence-corrected chi connectivity index (χ3v) is 3.61. The Labute approximate surface area is 118 Å². The van der Waals surface area contributed by atoms with Gasteiger partial charge in [0.15, 0.2) is 0 Å². The molecule has 1 N–H and O–H groups in total. The lowest BCUT2D eigenvalue weighted by atomic mass is 10.2. The van der Waals surface area contributed by atoms with Crippen LogP contribution in [0.25, 0.3) is 0 Å². The predicted molar refractivity (Wildman–Crippen MR) is 75.1 cm³/mol. The van der Waals surface area contributed by atoms with Gasteiger partial charge in [0.1, 0.15) is 5.82 Å². The predicted octanol–water partition coefficient (Wildman–Crippen LogP) is 1.36. The zero-order valence-electron chi connectivity index (χ0n) is 11.6. The minimum absolute atomic E-state index is 0.149. The summed E-state index contributed by atoms with van der Waals surface area (Å²) in [5, 5.41) is 8.85. The Morgan fingerprint density at radius 2 is 2.00 bits per heavy atom. The van der Waals surface area contributed by atoms with Gasteiger partial charge in [0.25, 0.3) is 5.91 Å². The Balaban J connectivity index is 1.96. The molecular formula is C15H21FN2O2. The first-order valence-corrected chi connectivity index (χ1v) is 7.09. The molecule has 4 nitrogen and oxygen atoms in total. The van der Waals surface area contributed by atoms with Crippen LogP contribution < -0.4 is 0 Å². The van der Waals surface area contributed by atoms with Gasteiger partial charge in [-0.25, -0.2) is 4.39 Å². The van der Waals surface area contributed by atoms with Crippen LogP contribution in [-0.4, -0.2) is 60.1 Å². The molecule has 0 aromatic heterocycles. The maximum absolute atomic E-state index is 13.7. The summed E-state index contributed by atoms with van der Waals surface area (Å²) in [6.45, 7) is 4.00. The van der Waals surface area contributed by atoms with Crippen molar-refractivity contribution >= 4 is 5.91 Å². The zero-order valence-corrected chi connectivity index (χ0v) is 11.6. The molecule has 110 valence electrons. The van der Waals surface area contributed by atoms with Crippen LogP contribution >= 0.6 is 0 Å². The molecule has 0 aliphatic carbocycles. The van der Waals surface area contributed by atoms with Gasteiger partial charge in [-0.15, -0.1) is 0 Å². The van der Waals surface area contributed by atoms with Gasteiger partial charge in [-0.2, -0.15) is 0 Å². The van der Waals surface area contributed by atoms with E-state index >= 15 is 0 Å². The molecule has 1 heterocycles. The van der Waals surface area contributed by atoms with E-state index in [1.165, 1.54) is 12.1 Å². The number of aliphatic hydroxyl groups is 1. The minimum atomic E-state index is -0.459. The molecule has 0 radical (unpaired) electrons. The average molecular weight is 280 g/mol. The molecule has 1 aliphatic heterocycles. The third kappa shape index (κ3) is 3.77. The second kappa shape index (κ2) is 7.36. The largest absolute Gasteiger partial charge is 0.396 e. The average Bonchev–Trinajstić information content (AvgIpc) is 2.70. The fourth-order valence-corrected chi connectivity index (χ4v) is 2.50. The number of halogens is 1. The van der Waals surface area contributed by atoms with Crippen molar-refractivity contribution in [3.63, 3.8) is 0 Å². The van der Waals surface area contributed by atoms with Gasteiger partial charge in [0, 0.05) is 32.8 Å². The van der Waals surface area contributed by atoms with Crippen molar-refractivity contribution in [1.29, 1.82) is 0 Å². The maximum atomic E-state index is 13.7. The lowest BCUT2D eigenvalue weighted by Crippen LogP contribution is -2.36. The van der Waals surface area contributed by atoms with Crippen LogP contribution in [0.3, 0.4) is 0 Å². The van der Waals surface area contributed by atoms with E-state index in [0.29, 0.717) is 13.1 Å². The number of aliphatic hydroxyl groups excluding tert-OH is 1. The highest BCUT2D eigenvalue weighted by molar-refractivity contribution is 5.94. The molecule has 2 rings (SSSR count). The molecule has 0 unspecified atom stereocenters. The summed E-state index contributed by atoms with van der Waals surface area (Å²) < 4.78 is 13.7. The van der Waals surface area contributed by atoms with E-state index in [1.807, 2.05) is 0 Å². The van der Waals surface area contributed by atoms with Gasteiger partial charge in [0.2, 0.25) is 0 Å². The van der Waals surface area contributed by atoms with E-state index in [2.05, 4.69) is 4.90 Å². The summed E-state index contributed by atoms with van der Waals surface area (Å²) >= 11 is 0. The smallest absolute Gasteiger partial charge is 0.256 e. The van der Waals surface area contributed by atoms with E-state index in [4.69, 9.17) is 5.11 Å².